The lowest BCUT2D eigenvalue weighted by Gasteiger charge is -2.21. The highest BCUT2D eigenvalue weighted by Crippen LogP contribution is 2.17. The molecule has 1 fully saturated rings. The molecule has 2 amide bonds. The number of carbonyl (C=O) groups is 2. The van der Waals surface area contributed by atoms with Crippen LogP contribution in [0.3, 0.4) is 0 Å². The van der Waals surface area contributed by atoms with Gasteiger partial charge in [-0.2, -0.15) is 0 Å². The third-order valence-electron chi connectivity index (χ3n) is 3.39. The maximum absolute atomic E-state index is 12.0. The molecule has 2 unspecified atom stereocenters. The predicted molar refractivity (Wildman–Crippen MR) is 67.5 cm³/mol. The number of rotatable bonds is 7. The highest BCUT2D eigenvalue weighted by molar-refractivity contribution is 6.05. The first kappa shape index (κ1) is 14.2. The fourth-order valence-corrected chi connectivity index (χ4v) is 2.11. The van der Waals surface area contributed by atoms with Crippen LogP contribution in [0.15, 0.2) is 0 Å². The number of hydrogen-bond acceptors (Lipinski definition) is 3. The molecule has 0 aromatic rings. The zero-order chi connectivity index (χ0) is 12.8. The molecule has 0 spiro atoms. The van der Waals surface area contributed by atoms with Gasteiger partial charge in [0.2, 0.25) is 11.8 Å². The molecule has 4 heteroatoms. The summed E-state index contributed by atoms with van der Waals surface area (Å²) in [5.74, 6) is -0.0711. The number of carbonyl (C=O) groups excluding carboxylic acids is 2. The van der Waals surface area contributed by atoms with Gasteiger partial charge in [0.25, 0.3) is 0 Å². The molecule has 2 atom stereocenters. The van der Waals surface area contributed by atoms with Gasteiger partial charge in [-0.05, 0) is 26.3 Å². The second-order valence-electron chi connectivity index (χ2n) is 4.78. The monoisotopic (exact) mass is 240 g/mol. The Morgan fingerprint density at radius 1 is 1.35 bits per heavy atom. The molecule has 0 aromatic carbocycles. The van der Waals surface area contributed by atoms with Gasteiger partial charge in [-0.3, -0.25) is 14.5 Å². The Morgan fingerprint density at radius 3 is 2.65 bits per heavy atom. The fraction of sp³-hybridized carbons (Fsp3) is 0.846. The summed E-state index contributed by atoms with van der Waals surface area (Å²) >= 11 is 0. The van der Waals surface area contributed by atoms with Crippen molar-refractivity contribution < 1.29 is 9.59 Å². The minimum Gasteiger partial charge on any atom is -0.305 e. The molecule has 0 aliphatic carbocycles. The Bertz CT molecular complexity index is 279. The van der Waals surface area contributed by atoms with Gasteiger partial charge < -0.3 is 5.32 Å². The minimum atomic E-state index is -0.284. The summed E-state index contributed by atoms with van der Waals surface area (Å²) < 4.78 is 0. The molecule has 17 heavy (non-hydrogen) atoms. The van der Waals surface area contributed by atoms with Crippen LogP contribution >= 0.6 is 0 Å². The van der Waals surface area contributed by atoms with E-state index in [0.717, 1.165) is 32.2 Å². The van der Waals surface area contributed by atoms with Crippen LogP contribution in [0.2, 0.25) is 0 Å². The van der Waals surface area contributed by atoms with Crippen LogP contribution in [0.5, 0.6) is 0 Å². The van der Waals surface area contributed by atoms with Crippen LogP contribution in [0.1, 0.15) is 52.9 Å². The Kier molecular flexibility index (Phi) is 5.62. The molecule has 0 saturated carbocycles. The van der Waals surface area contributed by atoms with E-state index >= 15 is 0 Å². The Balaban J connectivity index is 2.44. The third kappa shape index (κ3) is 3.53. The second-order valence-corrected chi connectivity index (χ2v) is 4.78. The molecule has 1 rings (SSSR count). The number of likely N-dealkylation sites (tertiary alicyclic amines) is 1. The van der Waals surface area contributed by atoms with Crippen molar-refractivity contribution in [2.75, 3.05) is 6.54 Å². The van der Waals surface area contributed by atoms with Crippen molar-refractivity contribution in [1.29, 1.82) is 0 Å². The normalized spacial score (nSPS) is 22.3. The number of amides is 2. The molecular weight excluding hydrogens is 216 g/mol. The van der Waals surface area contributed by atoms with Gasteiger partial charge in [0.15, 0.2) is 0 Å². The van der Waals surface area contributed by atoms with E-state index in [9.17, 15) is 9.59 Å². The zero-order valence-electron chi connectivity index (χ0n) is 11.2. The van der Waals surface area contributed by atoms with E-state index in [1.807, 2.05) is 13.8 Å². The Labute approximate surface area is 104 Å². The number of imide groups is 1. The lowest BCUT2D eigenvalue weighted by molar-refractivity contribution is -0.141. The molecule has 1 heterocycles. The smallest absolute Gasteiger partial charge is 0.247 e. The van der Waals surface area contributed by atoms with Crippen molar-refractivity contribution in [2.45, 2.75) is 65.0 Å². The summed E-state index contributed by atoms with van der Waals surface area (Å²) in [5, 5.41) is 3.19. The summed E-state index contributed by atoms with van der Waals surface area (Å²) in [6, 6.07) is -0.259. The molecule has 1 aliphatic heterocycles. The molecule has 0 radical (unpaired) electrons. The molecule has 98 valence electrons. The van der Waals surface area contributed by atoms with Gasteiger partial charge in [-0.1, -0.05) is 26.7 Å². The second kappa shape index (κ2) is 6.74. The van der Waals surface area contributed by atoms with Gasteiger partial charge in [0.05, 0.1) is 12.5 Å². The van der Waals surface area contributed by atoms with E-state index in [1.165, 1.54) is 4.90 Å². The van der Waals surface area contributed by atoms with Gasteiger partial charge in [-0.25, -0.2) is 0 Å². The summed E-state index contributed by atoms with van der Waals surface area (Å²) in [5.41, 5.74) is 0. The molecular formula is C13H24N2O2. The van der Waals surface area contributed by atoms with E-state index in [1.54, 1.807) is 0 Å². The Morgan fingerprint density at radius 2 is 2.06 bits per heavy atom. The Hall–Kier alpha value is -0.900. The zero-order valence-corrected chi connectivity index (χ0v) is 11.2. The fourth-order valence-electron chi connectivity index (χ4n) is 2.11. The van der Waals surface area contributed by atoms with Crippen LogP contribution < -0.4 is 5.32 Å². The number of unbranched alkanes of at least 4 members (excludes halogenated alkanes) is 2. The standard InChI is InChI=1S/C13H24N2O2/c1-4-6-7-8-14-11-9-12(16)15(13(11)17)10(3)5-2/h10-11,14H,4-9H2,1-3H3. The molecule has 1 aliphatic rings. The van der Waals surface area contributed by atoms with Crippen molar-refractivity contribution in [1.82, 2.24) is 10.2 Å². The molecule has 0 aromatic heterocycles. The van der Waals surface area contributed by atoms with Crippen LogP contribution in [0.25, 0.3) is 0 Å². The summed E-state index contributed by atoms with van der Waals surface area (Å²) in [7, 11) is 0. The maximum atomic E-state index is 12.0. The number of nitrogens with one attached hydrogen (secondary N) is 1. The average Bonchev–Trinajstić information content (AvgIpc) is 2.59. The van der Waals surface area contributed by atoms with Crippen LogP contribution in [0.4, 0.5) is 0 Å². The summed E-state index contributed by atoms with van der Waals surface area (Å²) in [6.07, 6.45) is 4.54. The highest BCUT2D eigenvalue weighted by atomic mass is 16.2. The summed E-state index contributed by atoms with van der Waals surface area (Å²) in [4.78, 5) is 25.2. The van der Waals surface area contributed by atoms with Gasteiger partial charge >= 0.3 is 0 Å². The molecule has 0 bridgehead atoms. The minimum absolute atomic E-state index is 0.0254. The van der Waals surface area contributed by atoms with Crippen molar-refractivity contribution in [3.63, 3.8) is 0 Å². The van der Waals surface area contributed by atoms with Gasteiger partial charge in [0, 0.05) is 6.04 Å². The van der Waals surface area contributed by atoms with Crippen molar-refractivity contribution in [2.24, 2.45) is 0 Å². The van der Waals surface area contributed by atoms with Crippen molar-refractivity contribution in [3.05, 3.63) is 0 Å². The van der Waals surface area contributed by atoms with E-state index in [4.69, 9.17) is 0 Å². The first-order valence-corrected chi connectivity index (χ1v) is 6.71. The first-order chi connectivity index (χ1) is 8.11. The topological polar surface area (TPSA) is 49.4 Å². The van der Waals surface area contributed by atoms with Gasteiger partial charge in [-0.15, -0.1) is 0 Å². The van der Waals surface area contributed by atoms with E-state index < -0.39 is 0 Å². The third-order valence-corrected chi connectivity index (χ3v) is 3.39. The number of hydrogen-bond donors (Lipinski definition) is 1. The van der Waals surface area contributed by atoms with Gasteiger partial charge in [0.1, 0.15) is 0 Å². The van der Waals surface area contributed by atoms with Crippen LogP contribution in [0, 0.1) is 0 Å². The SMILES string of the molecule is CCCCCNC1CC(=O)N(C(C)CC)C1=O. The van der Waals surface area contributed by atoms with Crippen LogP contribution in [-0.4, -0.2) is 35.3 Å². The lowest BCUT2D eigenvalue weighted by Crippen LogP contribution is -2.42. The van der Waals surface area contributed by atoms with E-state index in [0.29, 0.717) is 6.42 Å². The highest BCUT2D eigenvalue weighted by Gasteiger charge is 2.39. The van der Waals surface area contributed by atoms with E-state index in [2.05, 4.69) is 12.2 Å². The van der Waals surface area contributed by atoms with Crippen molar-refractivity contribution in [3.8, 4) is 0 Å². The number of nitrogens with zero attached hydrogens (tertiary/aromatic N) is 1. The van der Waals surface area contributed by atoms with E-state index in [-0.39, 0.29) is 23.9 Å². The predicted octanol–water partition coefficient (Wildman–Crippen LogP) is 1.69. The average molecular weight is 240 g/mol. The quantitative estimate of drug-likeness (QED) is 0.544. The first-order valence-electron chi connectivity index (χ1n) is 6.71. The van der Waals surface area contributed by atoms with Crippen LogP contribution in [-0.2, 0) is 9.59 Å². The molecule has 4 nitrogen and oxygen atoms in total. The summed E-state index contributed by atoms with van der Waals surface area (Å²) in [6.45, 7) is 6.89. The largest absolute Gasteiger partial charge is 0.305 e. The molecule has 1 saturated heterocycles. The van der Waals surface area contributed by atoms with Crippen molar-refractivity contribution >= 4 is 11.8 Å². The maximum Gasteiger partial charge on any atom is 0.247 e. The molecule has 1 N–H and O–H groups in total. The lowest BCUT2D eigenvalue weighted by atomic mass is 10.2.